The van der Waals surface area contributed by atoms with Crippen LogP contribution in [0.15, 0.2) is 65.8 Å². The Balaban J connectivity index is 1.91. The highest BCUT2D eigenvalue weighted by Gasteiger charge is 2.41. The molecule has 1 amide bonds. The zero-order valence-electron chi connectivity index (χ0n) is 22.4. The second-order valence-electron chi connectivity index (χ2n) is 9.17. The SMILES string of the molecule is CCOc1ccccc1[C@H]1N(c2ccc(Cl)c(Cl)c2)N=C(C(C)=O)N1c1ccc(NC(=O)C(C)C)c(OC)c1. The third-order valence-corrected chi connectivity index (χ3v) is 6.87. The first-order chi connectivity index (χ1) is 18.7. The van der Waals surface area contributed by atoms with E-state index < -0.39 is 6.17 Å². The number of hydrogen-bond donors (Lipinski definition) is 1. The van der Waals surface area contributed by atoms with Gasteiger partial charge in [0.15, 0.2) is 17.8 Å². The van der Waals surface area contributed by atoms with Crippen molar-refractivity contribution in [1.82, 2.24) is 0 Å². The highest BCUT2D eigenvalue weighted by atomic mass is 35.5. The number of carbonyl (C=O) groups excluding carboxylic acids is 2. The topological polar surface area (TPSA) is 83.5 Å². The molecule has 3 aromatic rings. The number of nitrogens with one attached hydrogen (secondary N) is 1. The highest BCUT2D eigenvalue weighted by Crippen LogP contribution is 2.44. The van der Waals surface area contributed by atoms with Crippen LogP contribution in [0.4, 0.5) is 17.1 Å². The molecule has 0 unspecified atom stereocenters. The van der Waals surface area contributed by atoms with E-state index in [4.69, 9.17) is 37.8 Å². The van der Waals surface area contributed by atoms with Crippen molar-refractivity contribution in [3.8, 4) is 11.5 Å². The first-order valence-electron chi connectivity index (χ1n) is 12.5. The third-order valence-electron chi connectivity index (χ3n) is 6.13. The van der Waals surface area contributed by atoms with E-state index in [1.54, 1.807) is 35.3 Å². The number of halogens is 2. The Labute approximate surface area is 238 Å². The summed E-state index contributed by atoms with van der Waals surface area (Å²) in [6.07, 6.45) is -0.621. The summed E-state index contributed by atoms with van der Waals surface area (Å²) >= 11 is 12.6. The molecule has 0 spiro atoms. The molecule has 39 heavy (non-hydrogen) atoms. The summed E-state index contributed by atoms with van der Waals surface area (Å²) < 4.78 is 11.6. The molecule has 0 saturated carbocycles. The second-order valence-corrected chi connectivity index (χ2v) is 9.98. The van der Waals surface area contributed by atoms with Gasteiger partial charge in [0.1, 0.15) is 11.5 Å². The quantitative estimate of drug-likeness (QED) is 0.301. The number of hydrazone groups is 1. The van der Waals surface area contributed by atoms with E-state index in [0.29, 0.717) is 45.2 Å². The Hall–Kier alpha value is -3.75. The van der Waals surface area contributed by atoms with Gasteiger partial charge in [-0.1, -0.05) is 55.2 Å². The van der Waals surface area contributed by atoms with Crippen LogP contribution in [0.3, 0.4) is 0 Å². The average Bonchev–Trinajstić information content (AvgIpc) is 3.31. The van der Waals surface area contributed by atoms with E-state index in [1.165, 1.54) is 14.0 Å². The monoisotopic (exact) mass is 568 g/mol. The van der Waals surface area contributed by atoms with Crippen LogP contribution in [0, 0.1) is 5.92 Å². The lowest BCUT2D eigenvalue weighted by Gasteiger charge is -2.33. The van der Waals surface area contributed by atoms with Crippen LogP contribution >= 0.6 is 23.2 Å². The lowest BCUT2D eigenvalue weighted by atomic mass is 10.1. The number of hydrogen-bond acceptors (Lipinski definition) is 7. The number of benzene rings is 3. The van der Waals surface area contributed by atoms with Crippen molar-refractivity contribution >= 4 is 57.8 Å². The summed E-state index contributed by atoms with van der Waals surface area (Å²) in [7, 11) is 1.53. The van der Waals surface area contributed by atoms with Gasteiger partial charge in [0.25, 0.3) is 0 Å². The maximum atomic E-state index is 13.0. The minimum Gasteiger partial charge on any atom is -0.494 e. The fourth-order valence-corrected chi connectivity index (χ4v) is 4.51. The number of amidine groups is 1. The number of amides is 1. The molecule has 1 N–H and O–H groups in total. The summed E-state index contributed by atoms with van der Waals surface area (Å²) in [5, 5.41) is 10.1. The molecule has 0 radical (unpaired) electrons. The van der Waals surface area contributed by atoms with Crippen molar-refractivity contribution in [1.29, 1.82) is 0 Å². The molecule has 3 aromatic carbocycles. The van der Waals surface area contributed by atoms with Crippen LogP contribution in [0.5, 0.6) is 11.5 Å². The zero-order valence-corrected chi connectivity index (χ0v) is 23.9. The summed E-state index contributed by atoms with van der Waals surface area (Å²) in [5.74, 6) is 0.708. The second kappa shape index (κ2) is 12.0. The Kier molecular flexibility index (Phi) is 8.67. The van der Waals surface area contributed by atoms with Crippen LogP contribution in [-0.2, 0) is 9.59 Å². The van der Waals surface area contributed by atoms with Gasteiger partial charge >= 0.3 is 0 Å². The first-order valence-corrected chi connectivity index (χ1v) is 13.3. The van der Waals surface area contributed by atoms with Gasteiger partial charge in [-0.05, 0) is 43.3 Å². The number of carbonyl (C=O) groups is 2. The van der Waals surface area contributed by atoms with Gasteiger partial charge in [0.05, 0.1) is 35.1 Å². The molecule has 1 aliphatic heterocycles. The number of anilines is 3. The molecule has 1 atom stereocenters. The summed E-state index contributed by atoms with van der Waals surface area (Å²) in [4.78, 5) is 27.2. The molecule has 10 heteroatoms. The Morgan fingerprint density at radius 2 is 1.72 bits per heavy atom. The number of methoxy groups -OCH3 is 1. The fourth-order valence-electron chi connectivity index (χ4n) is 4.22. The molecule has 0 aliphatic carbocycles. The van der Waals surface area contributed by atoms with Crippen LogP contribution < -0.4 is 24.7 Å². The maximum Gasteiger partial charge on any atom is 0.227 e. The lowest BCUT2D eigenvalue weighted by Crippen LogP contribution is -2.38. The van der Waals surface area contributed by atoms with Gasteiger partial charge in [-0.25, -0.2) is 5.01 Å². The molecular weight excluding hydrogens is 539 g/mol. The van der Waals surface area contributed by atoms with Crippen LogP contribution in [0.1, 0.15) is 39.4 Å². The first kappa shape index (κ1) is 28.3. The van der Waals surface area contributed by atoms with Gasteiger partial charge in [-0.15, -0.1) is 5.10 Å². The highest BCUT2D eigenvalue weighted by molar-refractivity contribution is 6.44. The van der Waals surface area contributed by atoms with E-state index in [-0.39, 0.29) is 23.4 Å². The van der Waals surface area contributed by atoms with Crippen molar-refractivity contribution < 1.29 is 19.1 Å². The van der Waals surface area contributed by atoms with Crippen molar-refractivity contribution in [3.05, 3.63) is 76.3 Å². The van der Waals surface area contributed by atoms with Gasteiger partial charge in [-0.3, -0.25) is 14.5 Å². The standard InChI is InChI=1S/C29H30Cl2N4O4/c1-6-39-25-10-8-7-9-21(25)29-34(19-12-14-24(26(16-19)38-5)32-28(37)17(2)3)27(18(4)36)33-35(29)20-11-13-22(30)23(31)15-20/h7-17,29H,6H2,1-5H3,(H,32,37)/t29-/m1/s1. The Bertz CT molecular complexity index is 1430. The van der Waals surface area contributed by atoms with E-state index >= 15 is 0 Å². The number of nitrogens with zero attached hydrogens (tertiary/aromatic N) is 3. The molecular formula is C29H30Cl2N4O4. The van der Waals surface area contributed by atoms with Gasteiger partial charge < -0.3 is 14.8 Å². The van der Waals surface area contributed by atoms with Crippen LogP contribution in [0.2, 0.25) is 10.0 Å². The van der Waals surface area contributed by atoms with Crippen molar-refractivity contribution in [2.24, 2.45) is 11.0 Å². The minimum atomic E-state index is -0.621. The van der Waals surface area contributed by atoms with Crippen molar-refractivity contribution in [3.63, 3.8) is 0 Å². The number of rotatable bonds is 9. The molecule has 1 heterocycles. The minimum absolute atomic E-state index is 0.137. The van der Waals surface area contributed by atoms with Gasteiger partial charge in [0, 0.05) is 30.2 Å². The predicted molar refractivity (Wildman–Crippen MR) is 156 cm³/mol. The van der Waals surface area contributed by atoms with Crippen LogP contribution in [0.25, 0.3) is 0 Å². The smallest absolute Gasteiger partial charge is 0.227 e. The molecule has 4 rings (SSSR count). The van der Waals surface area contributed by atoms with Gasteiger partial charge in [-0.2, -0.15) is 0 Å². The molecule has 8 nitrogen and oxygen atoms in total. The fraction of sp³-hybridized carbons (Fsp3) is 0.276. The van der Waals surface area contributed by atoms with Crippen molar-refractivity contribution in [2.75, 3.05) is 28.9 Å². The van der Waals surface area contributed by atoms with E-state index in [0.717, 1.165) is 5.56 Å². The largest absolute Gasteiger partial charge is 0.494 e. The van der Waals surface area contributed by atoms with Gasteiger partial charge in [0.2, 0.25) is 5.91 Å². The molecule has 0 saturated heterocycles. The molecule has 0 bridgehead atoms. The summed E-state index contributed by atoms with van der Waals surface area (Å²) in [6, 6.07) is 18.1. The van der Waals surface area contributed by atoms with Crippen LogP contribution in [-0.4, -0.2) is 31.2 Å². The maximum absolute atomic E-state index is 13.0. The molecule has 1 aliphatic rings. The van der Waals surface area contributed by atoms with E-state index in [9.17, 15) is 9.59 Å². The molecule has 0 fully saturated rings. The number of para-hydroxylation sites is 1. The average molecular weight is 569 g/mol. The predicted octanol–water partition coefficient (Wildman–Crippen LogP) is 6.92. The molecule has 204 valence electrons. The zero-order chi connectivity index (χ0) is 28.3. The van der Waals surface area contributed by atoms with Crippen molar-refractivity contribution in [2.45, 2.75) is 33.9 Å². The third kappa shape index (κ3) is 5.82. The van der Waals surface area contributed by atoms with E-state index in [1.807, 2.05) is 56.0 Å². The lowest BCUT2D eigenvalue weighted by molar-refractivity contribution is -0.119. The van der Waals surface area contributed by atoms with E-state index in [2.05, 4.69) is 5.32 Å². The normalized spacial score (nSPS) is 14.9. The Morgan fingerprint density at radius 3 is 2.36 bits per heavy atom. The Morgan fingerprint density at radius 1 is 1.00 bits per heavy atom. The summed E-state index contributed by atoms with van der Waals surface area (Å²) in [6.45, 7) is 7.45. The number of ether oxygens (including phenoxy) is 2. The number of ketones is 1. The molecule has 0 aromatic heterocycles. The number of Topliss-reactive ketones (excluding diaryl/α,β-unsaturated/α-hetero) is 1. The summed E-state index contributed by atoms with van der Waals surface area (Å²) in [5.41, 5.74) is 2.56.